The van der Waals surface area contributed by atoms with Crippen molar-refractivity contribution in [3.05, 3.63) is 23.8 Å². The van der Waals surface area contributed by atoms with Gasteiger partial charge < -0.3 is 10.8 Å². The van der Waals surface area contributed by atoms with E-state index < -0.39 is 5.54 Å². The predicted octanol–water partition coefficient (Wildman–Crippen LogP) is 2.31. The van der Waals surface area contributed by atoms with E-state index in [4.69, 9.17) is 5.73 Å². The molecule has 2 nitrogen and oxygen atoms in total. The third-order valence-corrected chi connectivity index (χ3v) is 2.71. The van der Waals surface area contributed by atoms with Gasteiger partial charge in [0.25, 0.3) is 0 Å². The molecule has 0 bridgehead atoms. The summed E-state index contributed by atoms with van der Waals surface area (Å²) in [5.74, 6) is 0.309. The van der Waals surface area contributed by atoms with Crippen molar-refractivity contribution in [2.75, 3.05) is 6.26 Å². The van der Waals surface area contributed by atoms with Crippen LogP contribution in [0.15, 0.2) is 23.1 Å². The number of thioether (sulfide) groups is 1. The fourth-order valence-corrected chi connectivity index (χ4v) is 1.56. The highest BCUT2D eigenvalue weighted by molar-refractivity contribution is 7.98. The first-order chi connectivity index (χ1) is 5.95. The zero-order valence-corrected chi connectivity index (χ0v) is 8.98. The van der Waals surface area contributed by atoms with E-state index in [1.54, 1.807) is 6.07 Å². The van der Waals surface area contributed by atoms with Gasteiger partial charge in [-0.1, -0.05) is 6.07 Å². The van der Waals surface area contributed by atoms with Gasteiger partial charge in [-0.05, 0) is 37.8 Å². The number of aromatic hydroxyl groups is 1. The molecule has 72 valence electrons. The summed E-state index contributed by atoms with van der Waals surface area (Å²) in [7, 11) is 0. The molecule has 0 saturated carbocycles. The number of hydrogen-bond acceptors (Lipinski definition) is 3. The third-order valence-electron chi connectivity index (χ3n) is 1.92. The average Bonchev–Trinajstić information content (AvgIpc) is 2.02. The summed E-state index contributed by atoms with van der Waals surface area (Å²) in [5.41, 5.74) is 6.45. The summed E-state index contributed by atoms with van der Waals surface area (Å²) in [4.78, 5) is 0.882. The highest BCUT2D eigenvalue weighted by Gasteiger charge is 2.15. The van der Waals surface area contributed by atoms with E-state index in [0.717, 1.165) is 10.5 Å². The highest BCUT2D eigenvalue weighted by atomic mass is 32.2. The minimum Gasteiger partial charge on any atom is -0.507 e. The molecular formula is C10H15NOS. The molecule has 0 fully saturated rings. The topological polar surface area (TPSA) is 46.2 Å². The first-order valence-electron chi connectivity index (χ1n) is 4.11. The molecule has 0 spiro atoms. The van der Waals surface area contributed by atoms with E-state index in [0.29, 0.717) is 5.75 Å². The van der Waals surface area contributed by atoms with Crippen molar-refractivity contribution in [3.63, 3.8) is 0 Å². The van der Waals surface area contributed by atoms with E-state index in [1.165, 1.54) is 11.8 Å². The Labute approximate surface area is 83.1 Å². The third kappa shape index (κ3) is 2.39. The maximum atomic E-state index is 9.58. The number of phenols is 1. The average molecular weight is 197 g/mol. The molecule has 1 aromatic rings. The number of rotatable bonds is 2. The second-order valence-corrected chi connectivity index (χ2v) is 4.46. The Hall–Kier alpha value is -0.670. The van der Waals surface area contributed by atoms with E-state index in [9.17, 15) is 5.11 Å². The van der Waals surface area contributed by atoms with Gasteiger partial charge >= 0.3 is 0 Å². The predicted molar refractivity (Wildman–Crippen MR) is 57.1 cm³/mol. The van der Waals surface area contributed by atoms with Crippen LogP contribution in [0.5, 0.6) is 5.75 Å². The Morgan fingerprint density at radius 1 is 1.38 bits per heavy atom. The lowest BCUT2D eigenvalue weighted by Gasteiger charge is -2.19. The summed E-state index contributed by atoms with van der Waals surface area (Å²) in [5, 5.41) is 9.58. The molecule has 0 amide bonds. The van der Waals surface area contributed by atoms with E-state index in [1.807, 2.05) is 32.2 Å². The molecule has 1 aromatic carbocycles. The molecule has 0 aliphatic rings. The second kappa shape index (κ2) is 3.60. The lowest BCUT2D eigenvalue weighted by atomic mass is 9.96. The highest BCUT2D eigenvalue weighted by Crippen LogP contribution is 2.30. The van der Waals surface area contributed by atoms with Crippen molar-refractivity contribution in [1.29, 1.82) is 0 Å². The first-order valence-corrected chi connectivity index (χ1v) is 5.34. The normalized spacial score (nSPS) is 11.7. The summed E-state index contributed by atoms with van der Waals surface area (Å²) >= 11 is 1.52. The Kier molecular flexibility index (Phi) is 2.88. The number of hydrogen-bond donors (Lipinski definition) is 2. The van der Waals surface area contributed by atoms with E-state index in [-0.39, 0.29) is 0 Å². The van der Waals surface area contributed by atoms with Crippen LogP contribution in [0.1, 0.15) is 19.4 Å². The van der Waals surface area contributed by atoms with Gasteiger partial charge in [0.15, 0.2) is 0 Å². The van der Waals surface area contributed by atoms with E-state index in [2.05, 4.69) is 0 Å². The molecule has 0 radical (unpaired) electrons. The van der Waals surface area contributed by atoms with Crippen LogP contribution >= 0.6 is 11.8 Å². The maximum absolute atomic E-state index is 9.58. The van der Waals surface area contributed by atoms with Crippen LogP contribution in [0, 0.1) is 0 Å². The van der Waals surface area contributed by atoms with Crippen LogP contribution in [0.4, 0.5) is 0 Å². The fraction of sp³-hybridized carbons (Fsp3) is 0.400. The van der Waals surface area contributed by atoms with Gasteiger partial charge in [-0.25, -0.2) is 0 Å². The maximum Gasteiger partial charge on any atom is 0.129 e. The smallest absolute Gasteiger partial charge is 0.129 e. The Balaban J connectivity index is 3.10. The second-order valence-electron chi connectivity index (χ2n) is 3.61. The van der Waals surface area contributed by atoms with Gasteiger partial charge in [0, 0.05) is 10.4 Å². The van der Waals surface area contributed by atoms with Gasteiger partial charge in [-0.2, -0.15) is 0 Å². The van der Waals surface area contributed by atoms with E-state index >= 15 is 0 Å². The van der Waals surface area contributed by atoms with Crippen molar-refractivity contribution in [1.82, 2.24) is 0 Å². The number of benzene rings is 1. The van der Waals surface area contributed by atoms with Crippen LogP contribution in [0.3, 0.4) is 0 Å². The van der Waals surface area contributed by atoms with Crippen LogP contribution < -0.4 is 5.73 Å². The molecule has 13 heavy (non-hydrogen) atoms. The Morgan fingerprint density at radius 2 is 2.00 bits per heavy atom. The van der Waals surface area contributed by atoms with Gasteiger partial charge in [-0.15, -0.1) is 11.8 Å². The van der Waals surface area contributed by atoms with Crippen molar-refractivity contribution < 1.29 is 5.11 Å². The molecule has 0 aromatic heterocycles. The zero-order chi connectivity index (χ0) is 10.1. The molecule has 0 aliphatic carbocycles. The fourth-order valence-electron chi connectivity index (χ4n) is 1.09. The lowest BCUT2D eigenvalue weighted by Crippen LogP contribution is -2.28. The summed E-state index contributed by atoms with van der Waals surface area (Å²) < 4.78 is 0. The van der Waals surface area contributed by atoms with Crippen molar-refractivity contribution in [3.8, 4) is 5.75 Å². The first kappa shape index (κ1) is 10.4. The standard InChI is InChI=1S/C10H15NOS/c1-10(2,11)7-4-5-9(13-3)8(12)6-7/h4-6,12H,11H2,1-3H3. The zero-order valence-electron chi connectivity index (χ0n) is 8.16. The Morgan fingerprint density at radius 3 is 2.38 bits per heavy atom. The van der Waals surface area contributed by atoms with Crippen LogP contribution in [0.2, 0.25) is 0 Å². The molecule has 0 heterocycles. The van der Waals surface area contributed by atoms with Crippen LogP contribution in [0.25, 0.3) is 0 Å². The summed E-state index contributed by atoms with van der Waals surface area (Å²) in [6.45, 7) is 3.83. The van der Waals surface area contributed by atoms with Crippen molar-refractivity contribution >= 4 is 11.8 Å². The SMILES string of the molecule is CSc1ccc(C(C)(C)N)cc1O. The van der Waals surface area contributed by atoms with Gasteiger partial charge in [0.2, 0.25) is 0 Å². The number of nitrogens with two attached hydrogens (primary N) is 1. The van der Waals surface area contributed by atoms with Crippen molar-refractivity contribution in [2.45, 2.75) is 24.3 Å². The number of phenolic OH excluding ortho intramolecular Hbond substituents is 1. The van der Waals surface area contributed by atoms with Gasteiger partial charge in [0.05, 0.1) is 0 Å². The summed E-state index contributed by atoms with van der Waals surface area (Å²) in [6.07, 6.45) is 1.93. The quantitative estimate of drug-likeness (QED) is 0.715. The molecule has 0 saturated heterocycles. The van der Waals surface area contributed by atoms with Gasteiger partial charge in [0.1, 0.15) is 5.75 Å². The van der Waals surface area contributed by atoms with Crippen LogP contribution in [-0.4, -0.2) is 11.4 Å². The summed E-state index contributed by atoms with van der Waals surface area (Å²) in [6, 6.07) is 5.57. The molecular weight excluding hydrogens is 182 g/mol. The largest absolute Gasteiger partial charge is 0.507 e. The monoisotopic (exact) mass is 197 g/mol. The molecule has 3 heteroatoms. The molecule has 0 unspecified atom stereocenters. The van der Waals surface area contributed by atoms with Gasteiger partial charge in [-0.3, -0.25) is 0 Å². The minimum atomic E-state index is -0.394. The molecule has 0 aliphatic heterocycles. The Bertz CT molecular complexity index is 304. The molecule has 0 atom stereocenters. The molecule has 1 rings (SSSR count). The lowest BCUT2D eigenvalue weighted by molar-refractivity contribution is 0.457. The van der Waals surface area contributed by atoms with Crippen LogP contribution in [-0.2, 0) is 5.54 Å². The van der Waals surface area contributed by atoms with Crippen molar-refractivity contribution in [2.24, 2.45) is 5.73 Å². The minimum absolute atomic E-state index is 0.309. The molecule has 3 N–H and O–H groups in total.